The summed E-state index contributed by atoms with van der Waals surface area (Å²) >= 11 is 2.23. The van der Waals surface area contributed by atoms with Crippen LogP contribution < -0.4 is 0 Å². The molecular weight excluding hydrogens is 374 g/mol. The predicted octanol–water partition coefficient (Wildman–Crippen LogP) is 4.03. The molecule has 0 aliphatic carbocycles. The van der Waals surface area contributed by atoms with Crippen LogP contribution in [0.4, 0.5) is 4.79 Å². The molecule has 2 heterocycles. The second-order valence-electron chi connectivity index (χ2n) is 5.14. The molecule has 6 nitrogen and oxygen atoms in total. The van der Waals surface area contributed by atoms with E-state index in [0.717, 1.165) is 21.6 Å². The topological polar surface area (TPSA) is 76.8 Å². The van der Waals surface area contributed by atoms with Crippen LogP contribution in [0.2, 0.25) is 0 Å². The van der Waals surface area contributed by atoms with Crippen molar-refractivity contribution in [1.29, 1.82) is 0 Å². The van der Waals surface area contributed by atoms with Crippen molar-refractivity contribution >= 4 is 46.7 Å². The fourth-order valence-corrected chi connectivity index (χ4v) is 3.79. The van der Waals surface area contributed by atoms with Crippen LogP contribution in [0.1, 0.15) is 12.7 Å². The van der Waals surface area contributed by atoms with Crippen molar-refractivity contribution in [3.05, 3.63) is 53.1 Å². The Morgan fingerprint density at radius 1 is 1.23 bits per heavy atom. The molecule has 0 saturated carbocycles. The molecule has 0 radical (unpaired) electrons. The number of imide groups is 1. The first kappa shape index (κ1) is 18.3. The van der Waals surface area contributed by atoms with E-state index in [1.165, 1.54) is 17.8 Å². The van der Waals surface area contributed by atoms with E-state index in [4.69, 9.17) is 9.15 Å². The molecule has 2 aromatic rings. The fraction of sp³-hybridized carbons (Fsp3) is 0.167. The minimum Gasteiger partial charge on any atom is -0.465 e. The lowest BCUT2D eigenvalue weighted by atomic mass is 10.3. The molecule has 0 atom stereocenters. The van der Waals surface area contributed by atoms with Gasteiger partial charge >= 0.3 is 5.97 Å². The number of esters is 1. The minimum atomic E-state index is -0.615. The lowest BCUT2D eigenvalue weighted by Gasteiger charge is -2.10. The van der Waals surface area contributed by atoms with E-state index in [1.807, 2.05) is 30.3 Å². The second kappa shape index (κ2) is 8.29. The van der Waals surface area contributed by atoms with Crippen LogP contribution in [0.3, 0.4) is 0 Å². The lowest BCUT2D eigenvalue weighted by Crippen LogP contribution is -2.34. The maximum atomic E-state index is 12.3. The highest BCUT2D eigenvalue weighted by Crippen LogP contribution is 2.34. The number of carbonyl (C=O) groups excluding carboxylic acids is 3. The fourth-order valence-electron chi connectivity index (χ4n) is 2.17. The molecule has 1 aromatic heterocycles. The van der Waals surface area contributed by atoms with Gasteiger partial charge in [0.1, 0.15) is 12.3 Å². The van der Waals surface area contributed by atoms with Crippen LogP contribution in [0, 0.1) is 0 Å². The SMILES string of the molecule is CCOC(=O)CN1C(=O)SC(=Cc2ccc(Sc3ccccc3)o2)C1=O. The summed E-state index contributed by atoms with van der Waals surface area (Å²) in [5.74, 6) is -0.678. The second-order valence-corrected chi connectivity index (χ2v) is 7.22. The smallest absolute Gasteiger partial charge is 0.326 e. The molecule has 26 heavy (non-hydrogen) atoms. The van der Waals surface area contributed by atoms with Gasteiger partial charge in [-0.25, -0.2) is 0 Å². The average molecular weight is 389 g/mol. The van der Waals surface area contributed by atoms with Gasteiger partial charge in [0.25, 0.3) is 11.1 Å². The molecule has 1 aliphatic rings. The Morgan fingerprint density at radius 2 is 2.00 bits per heavy atom. The summed E-state index contributed by atoms with van der Waals surface area (Å²) in [7, 11) is 0. The van der Waals surface area contributed by atoms with Crippen molar-refractivity contribution in [2.45, 2.75) is 16.9 Å². The Labute approximate surface area is 158 Å². The van der Waals surface area contributed by atoms with Gasteiger partial charge in [-0.15, -0.1) is 0 Å². The zero-order valence-electron chi connectivity index (χ0n) is 13.8. The molecule has 0 N–H and O–H groups in total. The maximum Gasteiger partial charge on any atom is 0.326 e. The number of hydrogen-bond donors (Lipinski definition) is 0. The minimum absolute atomic E-state index is 0.194. The average Bonchev–Trinajstić information content (AvgIpc) is 3.16. The van der Waals surface area contributed by atoms with Crippen LogP contribution in [0.15, 0.2) is 61.8 Å². The van der Waals surface area contributed by atoms with E-state index in [2.05, 4.69) is 0 Å². The van der Waals surface area contributed by atoms with Crippen molar-refractivity contribution in [3.63, 3.8) is 0 Å². The van der Waals surface area contributed by atoms with Gasteiger partial charge in [-0.3, -0.25) is 19.3 Å². The molecule has 0 unspecified atom stereocenters. The maximum absolute atomic E-state index is 12.3. The van der Waals surface area contributed by atoms with Crippen molar-refractivity contribution in [2.75, 3.05) is 13.2 Å². The van der Waals surface area contributed by atoms with Crippen LogP contribution in [-0.2, 0) is 14.3 Å². The van der Waals surface area contributed by atoms with E-state index in [0.29, 0.717) is 10.9 Å². The lowest BCUT2D eigenvalue weighted by molar-refractivity contribution is -0.145. The van der Waals surface area contributed by atoms with Gasteiger partial charge in [0.2, 0.25) is 0 Å². The number of amides is 2. The number of thioether (sulfide) groups is 1. The van der Waals surface area contributed by atoms with Gasteiger partial charge in [0.05, 0.1) is 11.5 Å². The third-order valence-corrected chi connectivity index (χ3v) is 5.14. The van der Waals surface area contributed by atoms with Crippen molar-refractivity contribution < 1.29 is 23.5 Å². The Hall–Kier alpha value is -2.45. The summed E-state index contributed by atoms with van der Waals surface area (Å²) < 4.78 is 10.5. The third-order valence-electron chi connectivity index (χ3n) is 3.30. The van der Waals surface area contributed by atoms with E-state index in [-0.39, 0.29) is 18.1 Å². The van der Waals surface area contributed by atoms with E-state index in [9.17, 15) is 14.4 Å². The van der Waals surface area contributed by atoms with Gasteiger partial charge in [-0.1, -0.05) is 30.0 Å². The normalized spacial score (nSPS) is 15.7. The van der Waals surface area contributed by atoms with Gasteiger partial charge in [0.15, 0.2) is 5.09 Å². The first-order chi connectivity index (χ1) is 12.6. The quantitative estimate of drug-likeness (QED) is 0.545. The van der Waals surface area contributed by atoms with Crippen molar-refractivity contribution in [2.24, 2.45) is 0 Å². The standard InChI is InChI=1S/C18H15NO5S2/c1-2-23-15(20)11-19-17(21)14(26-18(19)22)10-12-8-9-16(24-12)25-13-6-4-3-5-7-13/h3-10H,2,11H2,1H3. The third kappa shape index (κ3) is 4.39. The summed E-state index contributed by atoms with van der Waals surface area (Å²) in [5.41, 5.74) is 0. The van der Waals surface area contributed by atoms with Gasteiger partial charge in [0, 0.05) is 11.0 Å². The Balaban J connectivity index is 1.69. The first-order valence-corrected chi connectivity index (χ1v) is 9.44. The van der Waals surface area contributed by atoms with Gasteiger partial charge < -0.3 is 9.15 Å². The van der Waals surface area contributed by atoms with Crippen LogP contribution in [-0.4, -0.2) is 35.2 Å². The van der Waals surface area contributed by atoms with Crippen LogP contribution in [0.5, 0.6) is 0 Å². The number of carbonyl (C=O) groups is 3. The molecule has 0 bridgehead atoms. The Morgan fingerprint density at radius 3 is 2.73 bits per heavy atom. The van der Waals surface area contributed by atoms with Crippen LogP contribution >= 0.6 is 23.5 Å². The number of nitrogens with zero attached hydrogens (tertiary/aromatic N) is 1. The highest BCUT2D eigenvalue weighted by molar-refractivity contribution is 8.18. The summed E-state index contributed by atoms with van der Waals surface area (Å²) in [4.78, 5) is 37.9. The summed E-state index contributed by atoms with van der Waals surface area (Å²) in [6.07, 6.45) is 1.51. The molecule has 134 valence electrons. The number of hydrogen-bond acceptors (Lipinski definition) is 7. The molecule has 1 aliphatic heterocycles. The Bertz CT molecular complexity index is 859. The molecule has 2 amide bonds. The van der Waals surface area contributed by atoms with Gasteiger partial charge in [-0.2, -0.15) is 0 Å². The zero-order valence-corrected chi connectivity index (χ0v) is 15.5. The summed E-state index contributed by atoms with van der Waals surface area (Å²) in [6, 6.07) is 13.3. The van der Waals surface area contributed by atoms with Crippen molar-refractivity contribution in [1.82, 2.24) is 4.90 Å². The van der Waals surface area contributed by atoms with E-state index in [1.54, 1.807) is 19.1 Å². The van der Waals surface area contributed by atoms with Crippen LogP contribution in [0.25, 0.3) is 6.08 Å². The highest BCUT2D eigenvalue weighted by Gasteiger charge is 2.36. The first-order valence-electron chi connectivity index (χ1n) is 7.80. The summed E-state index contributed by atoms with van der Waals surface area (Å²) in [6.45, 7) is 1.47. The predicted molar refractivity (Wildman–Crippen MR) is 98.6 cm³/mol. The molecular formula is C18H15NO5S2. The summed E-state index contributed by atoms with van der Waals surface area (Å²) in [5, 5.41) is 0.174. The van der Waals surface area contributed by atoms with Gasteiger partial charge in [-0.05, 0) is 43.0 Å². The zero-order chi connectivity index (χ0) is 18.5. The molecule has 0 spiro atoms. The number of ether oxygens (including phenoxy) is 1. The number of rotatable bonds is 6. The molecule has 3 rings (SSSR count). The Kier molecular flexibility index (Phi) is 5.85. The van der Waals surface area contributed by atoms with E-state index >= 15 is 0 Å². The molecule has 1 fully saturated rings. The van der Waals surface area contributed by atoms with E-state index < -0.39 is 17.1 Å². The monoisotopic (exact) mass is 389 g/mol. The largest absolute Gasteiger partial charge is 0.465 e. The highest BCUT2D eigenvalue weighted by atomic mass is 32.2. The number of furan rings is 1. The molecule has 1 saturated heterocycles. The number of benzene rings is 1. The van der Waals surface area contributed by atoms with Crippen molar-refractivity contribution in [3.8, 4) is 0 Å². The molecule has 1 aromatic carbocycles. The molecule has 8 heteroatoms.